The van der Waals surface area contributed by atoms with Crippen molar-refractivity contribution in [3.05, 3.63) is 57.7 Å². The second-order valence-corrected chi connectivity index (χ2v) is 5.64. The van der Waals surface area contributed by atoms with Crippen LogP contribution in [0.3, 0.4) is 0 Å². The number of H-pyrrole nitrogens is 1. The van der Waals surface area contributed by atoms with Gasteiger partial charge in [0.05, 0.1) is 10.7 Å². The Balaban J connectivity index is 2.46. The summed E-state index contributed by atoms with van der Waals surface area (Å²) >= 11 is 5.54. The van der Waals surface area contributed by atoms with Crippen molar-refractivity contribution in [2.75, 3.05) is 4.72 Å². The molecule has 0 bridgehead atoms. The first-order valence-corrected chi connectivity index (χ1v) is 6.92. The van der Waals surface area contributed by atoms with E-state index in [0.29, 0.717) is 0 Å². The average molecular weight is 303 g/mol. The first-order chi connectivity index (χ1) is 8.92. The lowest BCUT2D eigenvalue weighted by Crippen LogP contribution is -2.21. The molecule has 0 spiro atoms. The van der Waals surface area contributed by atoms with Crippen LogP contribution in [0.25, 0.3) is 0 Å². The Morgan fingerprint density at radius 3 is 2.68 bits per heavy atom. The molecule has 19 heavy (non-hydrogen) atoms. The maximum absolute atomic E-state index is 13.6. The molecule has 0 unspecified atom stereocenters. The van der Waals surface area contributed by atoms with Crippen LogP contribution >= 0.6 is 11.6 Å². The maximum Gasteiger partial charge on any atom is 0.267 e. The van der Waals surface area contributed by atoms with Gasteiger partial charge < -0.3 is 4.98 Å². The number of aromatic nitrogens is 1. The van der Waals surface area contributed by atoms with Gasteiger partial charge >= 0.3 is 0 Å². The molecule has 0 fully saturated rings. The quantitative estimate of drug-likeness (QED) is 0.910. The summed E-state index contributed by atoms with van der Waals surface area (Å²) in [6.45, 7) is 0. The van der Waals surface area contributed by atoms with Crippen molar-refractivity contribution in [3.8, 4) is 0 Å². The van der Waals surface area contributed by atoms with E-state index in [1.54, 1.807) is 0 Å². The fraction of sp³-hybridized carbons (Fsp3) is 0. The van der Waals surface area contributed by atoms with Crippen LogP contribution in [0.5, 0.6) is 0 Å². The zero-order valence-corrected chi connectivity index (χ0v) is 10.9. The SMILES string of the molecule is O=c1cc[nH]cc1S(=O)(=O)Nc1cccc(Cl)c1F. The van der Waals surface area contributed by atoms with Crippen molar-refractivity contribution >= 4 is 27.3 Å². The van der Waals surface area contributed by atoms with Crippen LogP contribution in [-0.2, 0) is 10.0 Å². The second-order valence-electron chi connectivity index (χ2n) is 3.58. The van der Waals surface area contributed by atoms with Gasteiger partial charge in [-0.2, -0.15) is 0 Å². The number of nitrogens with one attached hydrogen (secondary N) is 2. The number of halogens is 2. The number of anilines is 1. The number of hydrogen-bond donors (Lipinski definition) is 2. The summed E-state index contributed by atoms with van der Waals surface area (Å²) in [5.74, 6) is -0.903. The highest BCUT2D eigenvalue weighted by Crippen LogP contribution is 2.23. The van der Waals surface area contributed by atoms with Gasteiger partial charge in [-0.3, -0.25) is 9.52 Å². The van der Waals surface area contributed by atoms with E-state index in [-0.39, 0.29) is 10.7 Å². The Bertz CT molecular complexity index is 774. The summed E-state index contributed by atoms with van der Waals surface area (Å²) in [6, 6.07) is 4.93. The van der Waals surface area contributed by atoms with Crippen LogP contribution in [0.1, 0.15) is 0 Å². The van der Waals surface area contributed by atoms with Crippen molar-refractivity contribution in [1.29, 1.82) is 0 Å². The Morgan fingerprint density at radius 2 is 2.00 bits per heavy atom. The lowest BCUT2D eigenvalue weighted by molar-refractivity contribution is 0.597. The standard InChI is InChI=1S/C11H8ClFN2O3S/c12-7-2-1-3-8(11(7)13)15-19(17,18)10-6-14-5-4-9(10)16/h1-6,15H,(H,14,16). The fourth-order valence-corrected chi connectivity index (χ4v) is 2.68. The highest BCUT2D eigenvalue weighted by atomic mass is 35.5. The third-order valence-corrected chi connectivity index (χ3v) is 3.95. The van der Waals surface area contributed by atoms with E-state index in [0.717, 1.165) is 12.3 Å². The molecule has 1 aromatic heterocycles. The van der Waals surface area contributed by atoms with Crippen molar-refractivity contribution in [3.63, 3.8) is 0 Å². The number of rotatable bonds is 3. The number of pyridine rings is 1. The number of hydrogen-bond acceptors (Lipinski definition) is 3. The van der Waals surface area contributed by atoms with Crippen LogP contribution in [0.15, 0.2) is 46.3 Å². The Labute approximate surface area is 113 Å². The predicted octanol–water partition coefficient (Wildman–Crippen LogP) is 1.97. The van der Waals surface area contributed by atoms with Gasteiger partial charge in [0.2, 0.25) is 5.43 Å². The molecule has 0 amide bonds. The topological polar surface area (TPSA) is 79.0 Å². The zero-order valence-electron chi connectivity index (χ0n) is 9.35. The van der Waals surface area contributed by atoms with E-state index in [4.69, 9.17) is 11.6 Å². The molecule has 0 aliphatic heterocycles. The Morgan fingerprint density at radius 1 is 1.26 bits per heavy atom. The highest BCUT2D eigenvalue weighted by molar-refractivity contribution is 7.92. The van der Waals surface area contributed by atoms with Crippen LogP contribution in [-0.4, -0.2) is 13.4 Å². The molecule has 2 N–H and O–H groups in total. The van der Waals surface area contributed by atoms with Gasteiger partial charge in [0.25, 0.3) is 10.0 Å². The van der Waals surface area contributed by atoms with Crippen LogP contribution < -0.4 is 10.2 Å². The minimum absolute atomic E-state index is 0.220. The Hall–Kier alpha value is -1.86. The number of aromatic amines is 1. The molecule has 0 atom stereocenters. The van der Waals surface area contributed by atoms with E-state index >= 15 is 0 Å². The number of benzene rings is 1. The molecule has 0 saturated carbocycles. The normalized spacial score (nSPS) is 11.3. The summed E-state index contributed by atoms with van der Waals surface area (Å²) in [7, 11) is -4.18. The number of sulfonamides is 1. The van der Waals surface area contributed by atoms with Gasteiger partial charge in [-0.1, -0.05) is 17.7 Å². The predicted molar refractivity (Wildman–Crippen MR) is 69.3 cm³/mol. The van der Waals surface area contributed by atoms with E-state index in [1.165, 1.54) is 24.4 Å². The minimum Gasteiger partial charge on any atom is -0.366 e. The molecule has 1 heterocycles. The van der Waals surface area contributed by atoms with Gasteiger partial charge in [-0.05, 0) is 12.1 Å². The first-order valence-electron chi connectivity index (χ1n) is 5.06. The molecule has 0 aliphatic carbocycles. The second kappa shape index (κ2) is 5.02. The van der Waals surface area contributed by atoms with E-state index in [2.05, 4.69) is 4.98 Å². The molecule has 2 rings (SSSR count). The average Bonchev–Trinajstić information content (AvgIpc) is 2.35. The largest absolute Gasteiger partial charge is 0.366 e. The molecule has 2 aromatic rings. The Kier molecular flexibility index (Phi) is 3.59. The van der Waals surface area contributed by atoms with Crippen molar-refractivity contribution < 1.29 is 12.8 Å². The van der Waals surface area contributed by atoms with Gasteiger partial charge in [-0.15, -0.1) is 0 Å². The molecule has 0 saturated heterocycles. The smallest absolute Gasteiger partial charge is 0.267 e. The van der Waals surface area contributed by atoms with Crippen LogP contribution in [0.4, 0.5) is 10.1 Å². The van der Waals surface area contributed by atoms with Crippen molar-refractivity contribution in [1.82, 2.24) is 4.98 Å². The van der Waals surface area contributed by atoms with Gasteiger partial charge in [0, 0.05) is 18.5 Å². The lowest BCUT2D eigenvalue weighted by atomic mass is 10.3. The summed E-state index contributed by atoms with van der Waals surface area (Å²) in [6.07, 6.45) is 2.31. The van der Waals surface area contributed by atoms with Crippen molar-refractivity contribution in [2.45, 2.75) is 4.90 Å². The maximum atomic E-state index is 13.6. The summed E-state index contributed by atoms with van der Waals surface area (Å²) in [4.78, 5) is 13.4. The molecular formula is C11H8ClFN2O3S. The molecule has 5 nitrogen and oxygen atoms in total. The van der Waals surface area contributed by atoms with E-state index in [1.807, 2.05) is 4.72 Å². The van der Waals surface area contributed by atoms with Crippen LogP contribution in [0, 0.1) is 5.82 Å². The first kappa shape index (κ1) is 13.6. The third kappa shape index (κ3) is 2.77. The third-order valence-electron chi connectivity index (χ3n) is 2.27. The molecule has 0 aliphatic rings. The molecule has 0 radical (unpaired) electrons. The van der Waals surface area contributed by atoms with E-state index in [9.17, 15) is 17.6 Å². The molecule has 8 heteroatoms. The summed E-state index contributed by atoms with van der Waals surface area (Å²) in [5, 5.41) is -0.220. The fourth-order valence-electron chi connectivity index (χ4n) is 1.39. The molecule has 100 valence electrons. The zero-order chi connectivity index (χ0) is 14.0. The summed E-state index contributed by atoms with van der Waals surface area (Å²) < 4.78 is 39.5. The lowest BCUT2D eigenvalue weighted by Gasteiger charge is -2.08. The van der Waals surface area contributed by atoms with Gasteiger partial charge in [0.15, 0.2) is 10.7 Å². The van der Waals surface area contributed by atoms with Crippen LogP contribution in [0.2, 0.25) is 5.02 Å². The minimum atomic E-state index is -4.18. The van der Waals surface area contributed by atoms with Gasteiger partial charge in [-0.25, -0.2) is 12.8 Å². The van der Waals surface area contributed by atoms with Crippen molar-refractivity contribution in [2.24, 2.45) is 0 Å². The molecular weight excluding hydrogens is 295 g/mol. The highest BCUT2D eigenvalue weighted by Gasteiger charge is 2.20. The molecule has 1 aromatic carbocycles. The van der Waals surface area contributed by atoms with E-state index < -0.39 is 26.2 Å². The summed E-state index contributed by atoms with van der Waals surface area (Å²) in [5.41, 5.74) is -1.02. The monoisotopic (exact) mass is 302 g/mol. The van der Waals surface area contributed by atoms with Gasteiger partial charge in [0.1, 0.15) is 0 Å².